The van der Waals surface area contributed by atoms with E-state index in [4.69, 9.17) is 5.11 Å². The molecule has 0 fully saturated rings. The molecule has 1 aromatic carbocycles. The molecule has 0 aliphatic rings. The van der Waals surface area contributed by atoms with Crippen LogP contribution in [0.25, 0.3) is 0 Å². The Morgan fingerprint density at radius 2 is 1.86 bits per heavy atom. The van der Waals surface area contributed by atoms with Crippen molar-refractivity contribution in [3.05, 3.63) is 35.9 Å². The molecule has 0 aromatic heterocycles. The first kappa shape index (κ1) is 11.6. The van der Waals surface area contributed by atoms with E-state index in [2.05, 4.69) is 38.1 Å². The van der Waals surface area contributed by atoms with Crippen LogP contribution >= 0.6 is 11.8 Å². The summed E-state index contributed by atoms with van der Waals surface area (Å²) in [5, 5.41) is 9.51. The highest BCUT2D eigenvalue weighted by molar-refractivity contribution is 7.99. The molecule has 14 heavy (non-hydrogen) atoms. The minimum atomic E-state index is 0.273. The van der Waals surface area contributed by atoms with Crippen LogP contribution in [-0.2, 0) is 5.75 Å². The van der Waals surface area contributed by atoms with Crippen molar-refractivity contribution in [2.75, 3.05) is 6.61 Å². The van der Waals surface area contributed by atoms with Crippen molar-refractivity contribution in [3.8, 4) is 0 Å². The molecule has 1 N–H and O–H groups in total. The van der Waals surface area contributed by atoms with Crippen LogP contribution in [0.2, 0.25) is 0 Å². The normalized spacial score (nSPS) is 13.1. The molecule has 1 nitrogen and oxygen atoms in total. The van der Waals surface area contributed by atoms with Gasteiger partial charge in [0.2, 0.25) is 0 Å². The van der Waals surface area contributed by atoms with Gasteiger partial charge >= 0.3 is 0 Å². The molecular formula is C12H18OS. The quantitative estimate of drug-likeness (QED) is 0.806. The molecule has 0 amide bonds. The first-order valence-corrected chi connectivity index (χ1v) is 6.05. The second-order valence-corrected chi connectivity index (χ2v) is 4.99. The van der Waals surface area contributed by atoms with Crippen LogP contribution in [0.1, 0.15) is 19.4 Å². The van der Waals surface area contributed by atoms with Crippen LogP contribution in [0.3, 0.4) is 0 Å². The van der Waals surface area contributed by atoms with Gasteiger partial charge in [0.15, 0.2) is 0 Å². The number of aliphatic hydroxyl groups is 1. The fourth-order valence-corrected chi connectivity index (χ4v) is 2.32. The Bertz CT molecular complexity index is 246. The molecule has 0 saturated carbocycles. The zero-order valence-corrected chi connectivity index (χ0v) is 9.63. The number of hydrogen-bond acceptors (Lipinski definition) is 2. The van der Waals surface area contributed by atoms with Crippen molar-refractivity contribution in [1.29, 1.82) is 0 Å². The monoisotopic (exact) mass is 210 g/mol. The van der Waals surface area contributed by atoms with Crippen molar-refractivity contribution in [1.82, 2.24) is 0 Å². The average Bonchev–Trinajstić information content (AvgIpc) is 2.20. The molecule has 0 radical (unpaired) electrons. The number of benzene rings is 1. The molecule has 78 valence electrons. The summed E-state index contributed by atoms with van der Waals surface area (Å²) in [5.74, 6) is 1.53. The Labute approximate surface area is 90.5 Å². The molecule has 1 rings (SSSR count). The zero-order valence-electron chi connectivity index (χ0n) is 8.81. The predicted molar refractivity (Wildman–Crippen MR) is 63.4 cm³/mol. The van der Waals surface area contributed by atoms with Gasteiger partial charge in [0.05, 0.1) is 6.61 Å². The van der Waals surface area contributed by atoms with E-state index in [1.54, 1.807) is 0 Å². The minimum Gasteiger partial charge on any atom is -0.395 e. The second-order valence-electron chi connectivity index (χ2n) is 3.76. The lowest BCUT2D eigenvalue weighted by Crippen LogP contribution is -2.16. The predicted octanol–water partition coefficient (Wildman–Crippen LogP) is 2.94. The largest absolute Gasteiger partial charge is 0.395 e. The zero-order chi connectivity index (χ0) is 10.4. The number of aliphatic hydroxyl groups excluding tert-OH is 1. The third-order valence-electron chi connectivity index (χ3n) is 2.23. The van der Waals surface area contributed by atoms with Gasteiger partial charge in [-0.3, -0.25) is 0 Å². The summed E-state index contributed by atoms with van der Waals surface area (Å²) >= 11 is 1.83. The highest BCUT2D eigenvalue weighted by Crippen LogP contribution is 2.22. The van der Waals surface area contributed by atoms with Gasteiger partial charge in [-0.15, -0.1) is 0 Å². The standard InChI is InChI=1S/C12H18OS/c1-10(2)12(8-13)14-9-11-6-4-3-5-7-11/h3-7,10,12-13H,8-9H2,1-2H3/t12-/m0/s1. The molecule has 0 aliphatic carbocycles. The summed E-state index contributed by atoms with van der Waals surface area (Å²) in [4.78, 5) is 0. The van der Waals surface area contributed by atoms with E-state index in [1.807, 2.05) is 17.8 Å². The summed E-state index contributed by atoms with van der Waals surface area (Å²) in [6.45, 7) is 4.58. The maximum atomic E-state index is 9.15. The lowest BCUT2D eigenvalue weighted by Gasteiger charge is -2.17. The van der Waals surface area contributed by atoms with Crippen molar-refractivity contribution >= 4 is 11.8 Å². The van der Waals surface area contributed by atoms with E-state index < -0.39 is 0 Å². The second kappa shape index (κ2) is 6.10. The van der Waals surface area contributed by atoms with Gasteiger partial charge in [-0.1, -0.05) is 44.2 Å². The highest BCUT2D eigenvalue weighted by Gasteiger charge is 2.12. The lowest BCUT2D eigenvalue weighted by molar-refractivity contribution is 0.275. The van der Waals surface area contributed by atoms with Crippen LogP contribution in [0.5, 0.6) is 0 Å². The van der Waals surface area contributed by atoms with Crippen LogP contribution in [-0.4, -0.2) is 17.0 Å². The average molecular weight is 210 g/mol. The van der Waals surface area contributed by atoms with Crippen molar-refractivity contribution < 1.29 is 5.11 Å². The molecular weight excluding hydrogens is 192 g/mol. The van der Waals surface area contributed by atoms with Crippen molar-refractivity contribution in [2.45, 2.75) is 24.9 Å². The van der Waals surface area contributed by atoms with Crippen molar-refractivity contribution in [2.24, 2.45) is 5.92 Å². The van der Waals surface area contributed by atoms with Gasteiger partial charge in [-0.2, -0.15) is 11.8 Å². The van der Waals surface area contributed by atoms with E-state index in [-0.39, 0.29) is 6.61 Å². The molecule has 0 bridgehead atoms. The highest BCUT2D eigenvalue weighted by atomic mass is 32.2. The Hall–Kier alpha value is -0.470. The smallest absolute Gasteiger partial charge is 0.0552 e. The van der Waals surface area contributed by atoms with Crippen LogP contribution in [0.15, 0.2) is 30.3 Å². The first-order valence-electron chi connectivity index (χ1n) is 5.00. The van der Waals surface area contributed by atoms with E-state index in [1.165, 1.54) is 5.56 Å². The molecule has 2 heteroatoms. The molecule has 0 unspecified atom stereocenters. The van der Waals surface area contributed by atoms with E-state index in [0.29, 0.717) is 11.2 Å². The van der Waals surface area contributed by atoms with Gasteiger partial charge in [0.1, 0.15) is 0 Å². The Morgan fingerprint density at radius 1 is 1.21 bits per heavy atom. The summed E-state index contributed by atoms with van der Waals surface area (Å²) in [5.41, 5.74) is 1.33. The lowest BCUT2D eigenvalue weighted by atomic mass is 10.1. The molecule has 0 spiro atoms. The summed E-state index contributed by atoms with van der Waals surface area (Å²) in [6, 6.07) is 10.4. The summed E-state index contributed by atoms with van der Waals surface area (Å²) < 4.78 is 0. The third-order valence-corrected chi connectivity index (χ3v) is 3.85. The first-order chi connectivity index (χ1) is 6.74. The SMILES string of the molecule is CC(C)[C@H](CO)SCc1ccccc1. The number of hydrogen-bond donors (Lipinski definition) is 1. The third kappa shape index (κ3) is 3.72. The van der Waals surface area contributed by atoms with E-state index in [9.17, 15) is 0 Å². The molecule has 1 aromatic rings. The number of thioether (sulfide) groups is 1. The Kier molecular flexibility index (Phi) is 5.05. The molecule has 1 atom stereocenters. The minimum absolute atomic E-state index is 0.273. The molecule has 0 saturated heterocycles. The number of rotatable bonds is 5. The fourth-order valence-electron chi connectivity index (χ4n) is 1.23. The van der Waals surface area contributed by atoms with Crippen molar-refractivity contribution in [3.63, 3.8) is 0 Å². The van der Waals surface area contributed by atoms with Gasteiger partial charge < -0.3 is 5.11 Å². The summed E-state index contributed by atoms with van der Waals surface area (Å²) in [7, 11) is 0. The summed E-state index contributed by atoms with van der Waals surface area (Å²) in [6.07, 6.45) is 0. The van der Waals surface area contributed by atoms with E-state index >= 15 is 0 Å². The molecule has 0 heterocycles. The molecule has 0 aliphatic heterocycles. The Balaban J connectivity index is 2.40. The fraction of sp³-hybridized carbons (Fsp3) is 0.500. The van der Waals surface area contributed by atoms with Gasteiger partial charge in [-0.05, 0) is 11.5 Å². The van der Waals surface area contributed by atoms with E-state index in [0.717, 1.165) is 5.75 Å². The van der Waals surface area contributed by atoms with Gasteiger partial charge in [0, 0.05) is 11.0 Å². The maximum Gasteiger partial charge on any atom is 0.0552 e. The maximum absolute atomic E-state index is 9.15. The van der Waals surface area contributed by atoms with Crippen LogP contribution in [0, 0.1) is 5.92 Å². The van der Waals surface area contributed by atoms with Crippen LogP contribution in [0.4, 0.5) is 0 Å². The Morgan fingerprint density at radius 3 is 2.36 bits per heavy atom. The topological polar surface area (TPSA) is 20.2 Å². The van der Waals surface area contributed by atoms with Gasteiger partial charge in [0.25, 0.3) is 0 Å². The van der Waals surface area contributed by atoms with Gasteiger partial charge in [-0.25, -0.2) is 0 Å². The van der Waals surface area contributed by atoms with Crippen LogP contribution < -0.4 is 0 Å².